The van der Waals surface area contributed by atoms with Crippen LogP contribution in [0.5, 0.6) is 0 Å². The van der Waals surface area contributed by atoms with Crippen molar-refractivity contribution in [3.05, 3.63) is 51.7 Å². The van der Waals surface area contributed by atoms with E-state index in [4.69, 9.17) is 11.6 Å². The number of fused-ring (bicyclic) bond motifs is 1. The number of imidazole rings is 1. The Morgan fingerprint density at radius 2 is 2.06 bits per heavy atom. The standard InChI is InChI=1S/C21H19ClF4N6O/c1-30-17-3-2-13(29-16-4-5-28-19(22)15(16)8-27)7-18(17)32(20(30)33)10-14-6-12(23)9-31(14)11-21(24,25)26/h2-5,7,12,14H,6,9-11H2,1H3,(H,28,29)/t12-,14-/m0/s1. The zero-order valence-electron chi connectivity index (χ0n) is 17.4. The highest BCUT2D eigenvalue weighted by molar-refractivity contribution is 6.31. The van der Waals surface area contributed by atoms with Gasteiger partial charge in [-0.05, 0) is 30.7 Å². The number of nitrogens with zero attached hydrogens (tertiary/aromatic N) is 5. The van der Waals surface area contributed by atoms with Crippen LogP contribution in [-0.2, 0) is 13.6 Å². The highest BCUT2D eigenvalue weighted by Gasteiger charge is 2.40. The van der Waals surface area contributed by atoms with Crippen LogP contribution in [0.15, 0.2) is 35.3 Å². The SMILES string of the molecule is Cn1c(=O)n(C[C@@H]2C[C@H](F)CN2CC(F)(F)F)c2cc(Nc3ccnc(Cl)c3C#N)ccc21. The van der Waals surface area contributed by atoms with Gasteiger partial charge in [-0.1, -0.05) is 11.6 Å². The van der Waals surface area contributed by atoms with Gasteiger partial charge >= 0.3 is 11.9 Å². The lowest BCUT2D eigenvalue weighted by molar-refractivity contribution is -0.148. The van der Waals surface area contributed by atoms with Gasteiger partial charge < -0.3 is 5.32 Å². The van der Waals surface area contributed by atoms with Gasteiger partial charge in [0.15, 0.2) is 0 Å². The first kappa shape index (κ1) is 23.1. The summed E-state index contributed by atoms with van der Waals surface area (Å²) in [4.78, 5) is 17.8. The first-order valence-corrected chi connectivity index (χ1v) is 10.4. The van der Waals surface area contributed by atoms with Crippen molar-refractivity contribution in [1.29, 1.82) is 5.26 Å². The highest BCUT2D eigenvalue weighted by Crippen LogP contribution is 2.29. The van der Waals surface area contributed by atoms with Crippen molar-refractivity contribution >= 4 is 34.0 Å². The Balaban J connectivity index is 1.69. The molecule has 0 radical (unpaired) electrons. The van der Waals surface area contributed by atoms with Crippen LogP contribution in [0.2, 0.25) is 5.15 Å². The molecule has 1 aromatic carbocycles. The molecule has 3 aromatic rings. The number of nitriles is 1. The Hall–Kier alpha value is -3.10. The molecule has 1 fully saturated rings. The molecule has 1 aliphatic rings. The third kappa shape index (κ3) is 4.67. The van der Waals surface area contributed by atoms with Crippen molar-refractivity contribution in [2.45, 2.75) is 31.4 Å². The van der Waals surface area contributed by atoms with Crippen LogP contribution in [0.3, 0.4) is 0 Å². The lowest BCUT2D eigenvalue weighted by Gasteiger charge is -2.25. The van der Waals surface area contributed by atoms with Crippen LogP contribution in [-0.4, -0.2) is 50.5 Å². The Morgan fingerprint density at radius 3 is 2.76 bits per heavy atom. The van der Waals surface area contributed by atoms with E-state index in [1.165, 1.54) is 15.3 Å². The maximum absolute atomic E-state index is 14.0. The van der Waals surface area contributed by atoms with E-state index in [1.54, 1.807) is 31.3 Å². The number of nitrogens with one attached hydrogen (secondary N) is 1. The maximum atomic E-state index is 14.0. The van der Waals surface area contributed by atoms with Gasteiger partial charge in [-0.15, -0.1) is 0 Å². The van der Waals surface area contributed by atoms with E-state index in [-0.39, 0.29) is 30.2 Å². The van der Waals surface area contributed by atoms with Crippen LogP contribution in [0.25, 0.3) is 11.0 Å². The number of rotatable bonds is 5. The number of pyridine rings is 1. The van der Waals surface area contributed by atoms with Gasteiger partial charge in [0.05, 0.1) is 23.3 Å². The molecule has 174 valence electrons. The molecule has 12 heteroatoms. The van der Waals surface area contributed by atoms with Crippen LogP contribution >= 0.6 is 11.6 Å². The first-order chi connectivity index (χ1) is 15.6. The second-order valence-corrected chi connectivity index (χ2v) is 8.31. The predicted octanol–water partition coefficient (Wildman–Crippen LogP) is 3.98. The average Bonchev–Trinajstić information content (AvgIpc) is 3.18. The van der Waals surface area contributed by atoms with E-state index in [2.05, 4.69) is 10.3 Å². The van der Waals surface area contributed by atoms with Crippen molar-refractivity contribution < 1.29 is 17.6 Å². The Labute approximate surface area is 190 Å². The van der Waals surface area contributed by atoms with Gasteiger partial charge in [0.25, 0.3) is 0 Å². The molecule has 0 bridgehead atoms. The molecule has 7 nitrogen and oxygen atoms in total. The monoisotopic (exact) mass is 482 g/mol. The molecule has 0 unspecified atom stereocenters. The van der Waals surface area contributed by atoms with Crippen molar-refractivity contribution in [3.63, 3.8) is 0 Å². The lowest BCUT2D eigenvalue weighted by atomic mass is 10.2. The van der Waals surface area contributed by atoms with Crippen molar-refractivity contribution in [1.82, 2.24) is 19.0 Å². The number of benzene rings is 1. The summed E-state index contributed by atoms with van der Waals surface area (Å²) < 4.78 is 55.6. The highest BCUT2D eigenvalue weighted by atomic mass is 35.5. The number of aromatic nitrogens is 3. The normalized spacial score (nSPS) is 19.2. The number of likely N-dealkylation sites (tertiary alicyclic amines) is 1. The van der Waals surface area contributed by atoms with Crippen LogP contribution < -0.4 is 11.0 Å². The summed E-state index contributed by atoms with van der Waals surface area (Å²) in [6, 6.07) is 7.81. The summed E-state index contributed by atoms with van der Waals surface area (Å²) in [5.41, 5.74) is 1.71. The van der Waals surface area contributed by atoms with E-state index in [9.17, 15) is 27.6 Å². The topological polar surface area (TPSA) is 78.9 Å². The molecular weight excluding hydrogens is 464 g/mol. The van der Waals surface area contributed by atoms with Crippen molar-refractivity contribution in [2.75, 3.05) is 18.4 Å². The van der Waals surface area contributed by atoms with Crippen LogP contribution in [0, 0.1) is 11.3 Å². The molecule has 3 heterocycles. The second-order valence-electron chi connectivity index (χ2n) is 7.95. The Kier molecular flexibility index (Phi) is 6.07. The molecule has 0 aliphatic carbocycles. The predicted molar refractivity (Wildman–Crippen MR) is 115 cm³/mol. The molecule has 0 spiro atoms. The van der Waals surface area contributed by atoms with Gasteiger partial charge in [0.1, 0.15) is 23.0 Å². The fraction of sp³-hybridized carbons (Fsp3) is 0.381. The fourth-order valence-corrected chi connectivity index (χ4v) is 4.41. The fourth-order valence-electron chi connectivity index (χ4n) is 4.21. The minimum absolute atomic E-state index is 0.0342. The summed E-state index contributed by atoms with van der Waals surface area (Å²) in [5.74, 6) is 0. The molecule has 4 rings (SSSR count). The third-order valence-electron chi connectivity index (χ3n) is 5.69. The van der Waals surface area contributed by atoms with E-state index in [0.29, 0.717) is 22.4 Å². The number of halogens is 5. The van der Waals surface area contributed by atoms with Gasteiger partial charge in [-0.3, -0.25) is 14.0 Å². The summed E-state index contributed by atoms with van der Waals surface area (Å²) >= 11 is 5.97. The molecule has 0 amide bonds. The zero-order valence-corrected chi connectivity index (χ0v) is 18.2. The molecule has 1 aliphatic heterocycles. The van der Waals surface area contributed by atoms with Gasteiger partial charge in [-0.25, -0.2) is 14.2 Å². The third-order valence-corrected chi connectivity index (χ3v) is 5.98. The number of anilines is 2. The molecule has 0 saturated carbocycles. The maximum Gasteiger partial charge on any atom is 0.401 e. The molecule has 2 aromatic heterocycles. The first-order valence-electron chi connectivity index (χ1n) is 10.0. The van der Waals surface area contributed by atoms with Gasteiger partial charge in [0, 0.05) is 38.1 Å². The van der Waals surface area contributed by atoms with Gasteiger partial charge in [-0.2, -0.15) is 18.4 Å². The molecule has 33 heavy (non-hydrogen) atoms. The second kappa shape index (κ2) is 8.68. The average molecular weight is 483 g/mol. The summed E-state index contributed by atoms with van der Waals surface area (Å²) in [7, 11) is 1.56. The Morgan fingerprint density at radius 1 is 1.30 bits per heavy atom. The van der Waals surface area contributed by atoms with E-state index in [1.807, 2.05) is 6.07 Å². The number of hydrogen-bond acceptors (Lipinski definition) is 5. The Bertz CT molecular complexity index is 1290. The zero-order chi connectivity index (χ0) is 23.9. The van der Waals surface area contributed by atoms with Crippen LogP contribution in [0.4, 0.5) is 28.9 Å². The van der Waals surface area contributed by atoms with E-state index in [0.717, 1.165) is 4.90 Å². The lowest BCUT2D eigenvalue weighted by Crippen LogP contribution is -2.41. The molecule has 1 N–H and O–H groups in total. The largest absolute Gasteiger partial charge is 0.401 e. The van der Waals surface area contributed by atoms with Crippen molar-refractivity contribution in [2.24, 2.45) is 7.05 Å². The molecule has 2 atom stereocenters. The molecular formula is C21H19ClF4N6O. The van der Waals surface area contributed by atoms with Gasteiger partial charge in [0.2, 0.25) is 0 Å². The minimum atomic E-state index is -4.46. The summed E-state index contributed by atoms with van der Waals surface area (Å²) in [6.45, 7) is -1.64. The smallest absolute Gasteiger partial charge is 0.354 e. The van der Waals surface area contributed by atoms with E-state index >= 15 is 0 Å². The molecule has 1 saturated heterocycles. The van der Waals surface area contributed by atoms with Crippen molar-refractivity contribution in [3.8, 4) is 6.07 Å². The quantitative estimate of drug-likeness (QED) is 0.439. The summed E-state index contributed by atoms with van der Waals surface area (Å²) in [5, 5.41) is 12.4. The van der Waals surface area contributed by atoms with Crippen LogP contribution in [0.1, 0.15) is 12.0 Å². The minimum Gasteiger partial charge on any atom is -0.354 e. The number of hydrogen-bond donors (Lipinski definition) is 1. The number of aryl methyl sites for hydroxylation is 1. The van der Waals surface area contributed by atoms with E-state index < -0.39 is 30.6 Å². The summed E-state index contributed by atoms with van der Waals surface area (Å²) in [6.07, 6.45) is -4.50. The number of alkyl halides is 4.